The van der Waals surface area contributed by atoms with Gasteiger partial charge in [-0.2, -0.15) is 0 Å². The zero-order valence-corrected chi connectivity index (χ0v) is 15.2. The van der Waals surface area contributed by atoms with Crippen LogP contribution in [0.4, 0.5) is 10.8 Å². The van der Waals surface area contributed by atoms with Gasteiger partial charge < -0.3 is 0 Å². The standard InChI is InChI=1S/C16H12N4O5S2/c21-15(11-5-4-6-12(9-11)20(22)23)17-16-19-18-14(26-16)10-27(24,25)13-7-2-1-3-8-13/h1-9H,10H2,(H,17,19,21). The van der Waals surface area contributed by atoms with E-state index in [0.29, 0.717) is 0 Å². The highest BCUT2D eigenvalue weighted by molar-refractivity contribution is 7.90. The summed E-state index contributed by atoms with van der Waals surface area (Å²) in [6.45, 7) is 0. The summed E-state index contributed by atoms with van der Waals surface area (Å²) in [4.78, 5) is 22.5. The molecule has 1 N–H and O–H groups in total. The Hall–Kier alpha value is -3.18. The highest BCUT2D eigenvalue weighted by atomic mass is 32.2. The van der Waals surface area contributed by atoms with Gasteiger partial charge in [-0.15, -0.1) is 10.2 Å². The molecule has 3 rings (SSSR count). The first-order valence-corrected chi connectivity index (χ1v) is 9.98. The molecule has 27 heavy (non-hydrogen) atoms. The summed E-state index contributed by atoms with van der Waals surface area (Å²) in [5, 5.41) is 21.1. The number of rotatable bonds is 6. The molecule has 1 amide bonds. The number of nitrogens with zero attached hydrogens (tertiary/aromatic N) is 3. The number of nitrogens with one attached hydrogen (secondary N) is 1. The molecule has 138 valence electrons. The Morgan fingerprint density at radius 1 is 1.11 bits per heavy atom. The molecule has 0 aliphatic heterocycles. The summed E-state index contributed by atoms with van der Waals surface area (Å²) < 4.78 is 24.7. The second-order valence-corrected chi connectivity index (χ2v) is 8.39. The Labute approximate surface area is 157 Å². The molecule has 0 aliphatic rings. The molecule has 9 nitrogen and oxygen atoms in total. The Bertz CT molecular complexity index is 1100. The average Bonchev–Trinajstić information content (AvgIpc) is 3.08. The van der Waals surface area contributed by atoms with Gasteiger partial charge in [0.15, 0.2) is 9.84 Å². The van der Waals surface area contributed by atoms with Crippen LogP contribution in [0.1, 0.15) is 15.4 Å². The second kappa shape index (κ2) is 7.60. The quantitative estimate of drug-likeness (QED) is 0.493. The van der Waals surface area contributed by atoms with Crippen LogP contribution in [-0.4, -0.2) is 29.4 Å². The smallest absolute Gasteiger partial charge is 0.270 e. The van der Waals surface area contributed by atoms with Crippen molar-refractivity contribution in [3.63, 3.8) is 0 Å². The van der Waals surface area contributed by atoms with Crippen LogP contribution >= 0.6 is 11.3 Å². The van der Waals surface area contributed by atoms with E-state index in [1.54, 1.807) is 18.2 Å². The molecule has 1 aromatic heterocycles. The van der Waals surface area contributed by atoms with Crippen molar-refractivity contribution >= 4 is 37.9 Å². The number of anilines is 1. The molecule has 0 unspecified atom stereocenters. The van der Waals surface area contributed by atoms with Crippen molar-refractivity contribution in [3.05, 3.63) is 75.3 Å². The predicted octanol–water partition coefficient (Wildman–Crippen LogP) is 2.67. The second-order valence-electron chi connectivity index (χ2n) is 5.33. The first-order chi connectivity index (χ1) is 12.8. The SMILES string of the molecule is O=C(Nc1nnc(CS(=O)(=O)c2ccccc2)s1)c1cccc([N+](=O)[O-])c1. The van der Waals surface area contributed by atoms with Gasteiger partial charge in [0.05, 0.1) is 9.82 Å². The van der Waals surface area contributed by atoms with Gasteiger partial charge in [0.25, 0.3) is 11.6 Å². The fourth-order valence-corrected chi connectivity index (χ4v) is 4.52. The summed E-state index contributed by atoms with van der Waals surface area (Å²) in [5.41, 5.74) is -0.132. The van der Waals surface area contributed by atoms with E-state index in [9.17, 15) is 23.3 Å². The maximum absolute atomic E-state index is 12.3. The molecule has 0 aliphatic carbocycles. The van der Waals surface area contributed by atoms with E-state index >= 15 is 0 Å². The normalized spacial score (nSPS) is 11.1. The molecule has 0 fully saturated rings. The Morgan fingerprint density at radius 3 is 2.56 bits per heavy atom. The molecule has 0 saturated heterocycles. The fraction of sp³-hybridized carbons (Fsp3) is 0.0625. The van der Waals surface area contributed by atoms with Crippen molar-refractivity contribution in [1.82, 2.24) is 10.2 Å². The van der Waals surface area contributed by atoms with Gasteiger partial charge in [-0.3, -0.25) is 20.2 Å². The molecule has 3 aromatic rings. The first-order valence-electron chi connectivity index (χ1n) is 7.51. The summed E-state index contributed by atoms with van der Waals surface area (Å²) in [6.07, 6.45) is 0. The third-order valence-electron chi connectivity index (χ3n) is 3.42. The van der Waals surface area contributed by atoms with Crippen LogP contribution in [0.25, 0.3) is 0 Å². The van der Waals surface area contributed by atoms with E-state index in [4.69, 9.17) is 0 Å². The van der Waals surface area contributed by atoms with Crippen LogP contribution in [0.3, 0.4) is 0 Å². The summed E-state index contributed by atoms with van der Waals surface area (Å²) in [7, 11) is -3.58. The predicted molar refractivity (Wildman–Crippen MR) is 98.3 cm³/mol. The molecule has 11 heteroatoms. The maximum atomic E-state index is 12.3. The molecule has 1 heterocycles. The Balaban J connectivity index is 1.72. The lowest BCUT2D eigenvalue weighted by molar-refractivity contribution is -0.384. The molecule has 0 radical (unpaired) electrons. The van der Waals surface area contributed by atoms with Crippen LogP contribution in [-0.2, 0) is 15.6 Å². The molecule has 0 saturated carbocycles. The third kappa shape index (κ3) is 4.51. The van der Waals surface area contributed by atoms with Gasteiger partial charge in [0.1, 0.15) is 10.8 Å². The minimum atomic E-state index is -3.58. The Kier molecular flexibility index (Phi) is 5.23. The number of hydrogen-bond acceptors (Lipinski definition) is 8. The number of hydrogen-bond donors (Lipinski definition) is 1. The van der Waals surface area contributed by atoms with Crippen molar-refractivity contribution < 1.29 is 18.1 Å². The zero-order chi connectivity index (χ0) is 19.4. The van der Waals surface area contributed by atoms with Crippen LogP contribution in [0.15, 0.2) is 59.5 Å². The minimum Gasteiger partial charge on any atom is -0.296 e. The lowest BCUT2D eigenvalue weighted by atomic mass is 10.2. The van der Waals surface area contributed by atoms with Crippen LogP contribution in [0.5, 0.6) is 0 Å². The van der Waals surface area contributed by atoms with E-state index in [1.807, 2.05) is 0 Å². The molecule has 0 atom stereocenters. The van der Waals surface area contributed by atoms with Gasteiger partial charge >= 0.3 is 0 Å². The number of non-ortho nitro benzene ring substituents is 1. The van der Waals surface area contributed by atoms with Crippen molar-refractivity contribution in [2.75, 3.05) is 5.32 Å². The number of amides is 1. The van der Waals surface area contributed by atoms with Crippen LogP contribution in [0.2, 0.25) is 0 Å². The fourth-order valence-electron chi connectivity index (χ4n) is 2.17. The highest BCUT2D eigenvalue weighted by Gasteiger charge is 2.19. The monoisotopic (exact) mass is 404 g/mol. The first kappa shape index (κ1) is 18.6. The molecular formula is C16H12N4O5S2. The van der Waals surface area contributed by atoms with E-state index in [0.717, 1.165) is 17.4 Å². The largest absolute Gasteiger partial charge is 0.296 e. The van der Waals surface area contributed by atoms with Gasteiger partial charge in [0.2, 0.25) is 5.13 Å². The number of aromatic nitrogens is 2. The lowest BCUT2D eigenvalue weighted by Crippen LogP contribution is -2.11. The summed E-state index contributed by atoms with van der Waals surface area (Å²) in [5.74, 6) is -0.950. The molecule has 0 bridgehead atoms. The van der Waals surface area contributed by atoms with E-state index in [2.05, 4.69) is 15.5 Å². The van der Waals surface area contributed by atoms with Gasteiger partial charge in [-0.25, -0.2) is 8.42 Å². The number of benzene rings is 2. The zero-order valence-electron chi connectivity index (χ0n) is 13.6. The van der Waals surface area contributed by atoms with Crippen LogP contribution in [0, 0.1) is 10.1 Å². The summed E-state index contributed by atoms with van der Waals surface area (Å²) in [6, 6.07) is 13.2. The van der Waals surface area contributed by atoms with Crippen molar-refractivity contribution in [3.8, 4) is 0 Å². The van der Waals surface area contributed by atoms with Crippen LogP contribution < -0.4 is 5.32 Å². The van der Waals surface area contributed by atoms with Crippen molar-refractivity contribution in [2.45, 2.75) is 10.6 Å². The van der Waals surface area contributed by atoms with Crippen molar-refractivity contribution in [1.29, 1.82) is 0 Å². The van der Waals surface area contributed by atoms with Crippen molar-refractivity contribution in [2.24, 2.45) is 0 Å². The minimum absolute atomic E-state index is 0.0813. The average molecular weight is 404 g/mol. The summed E-state index contributed by atoms with van der Waals surface area (Å²) >= 11 is 0.921. The van der Waals surface area contributed by atoms with E-state index < -0.39 is 20.7 Å². The molecule has 2 aromatic carbocycles. The maximum Gasteiger partial charge on any atom is 0.270 e. The van der Waals surface area contributed by atoms with Gasteiger partial charge in [-0.05, 0) is 18.2 Å². The number of carbonyl (C=O) groups excluding carboxylic acids is 1. The lowest BCUT2D eigenvalue weighted by Gasteiger charge is -2.01. The number of nitro benzene ring substituents is 1. The molecule has 0 spiro atoms. The number of nitro groups is 1. The molecular weight excluding hydrogens is 392 g/mol. The number of sulfone groups is 1. The van der Waals surface area contributed by atoms with E-state index in [-0.39, 0.29) is 32.0 Å². The van der Waals surface area contributed by atoms with Gasteiger partial charge in [0, 0.05) is 17.7 Å². The number of carbonyl (C=O) groups is 1. The highest BCUT2D eigenvalue weighted by Crippen LogP contribution is 2.22. The van der Waals surface area contributed by atoms with E-state index in [1.165, 1.54) is 30.3 Å². The Morgan fingerprint density at radius 2 is 1.85 bits per heavy atom. The topological polar surface area (TPSA) is 132 Å². The third-order valence-corrected chi connectivity index (χ3v) is 6.09. The van der Waals surface area contributed by atoms with Gasteiger partial charge in [-0.1, -0.05) is 35.6 Å².